The van der Waals surface area contributed by atoms with Gasteiger partial charge in [-0.1, -0.05) is 30.7 Å². The lowest BCUT2D eigenvalue weighted by Gasteiger charge is -2.17. The van der Waals surface area contributed by atoms with Crippen LogP contribution in [-0.4, -0.2) is 5.75 Å². The lowest BCUT2D eigenvalue weighted by molar-refractivity contribution is 0.529. The topological polar surface area (TPSA) is 38.0 Å². The van der Waals surface area contributed by atoms with E-state index in [0.29, 0.717) is 17.0 Å². The van der Waals surface area contributed by atoms with E-state index in [2.05, 4.69) is 24.5 Å². The molecular weight excluding hydrogens is 307 g/mol. The number of thioether (sulfide) groups is 1. The van der Waals surface area contributed by atoms with Crippen molar-refractivity contribution < 1.29 is 4.39 Å². The number of hydrazine groups is 1. The van der Waals surface area contributed by atoms with Crippen LogP contribution in [-0.2, 0) is 6.42 Å². The van der Waals surface area contributed by atoms with Gasteiger partial charge in [0, 0.05) is 9.92 Å². The molecule has 0 fully saturated rings. The molecule has 0 aliphatic carbocycles. The van der Waals surface area contributed by atoms with E-state index in [1.54, 1.807) is 23.9 Å². The summed E-state index contributed by atoms with van der Waals surface area (Å²) in [4.78, 5) is 1.21. The van der Waals surface area contributed by atoms with Gasteiger partial charge >= 0.3 is 0 Å². The Kier molecular flexibility index (Phi) is 6.06. The van der Waals surface area contributed by atoms with Gasteiger partial charge in [-0.15, -0.1) is 11.8 Å². The van der Waals surface area contributed by atoms with Crippen LogP contribution >= 0.6 is 23.4 Å². The Hall–Kier alpha value is -1.07. The van der Waals surface area contributed by atoms with Gasteiger partial charge in [-0.25, -0.2) is 4.39 Å². The van der Waals surface area contributed by atoms with Crippen molar-refractivity contribution in [2.24, 2.45) is 5.84 Å². The molecule has 21 heavy (non-hydrogen) atoms. The van der Waals surface area contributed by atoms with Crippen molar-refractivity contribution in [3.63, 3.8) is 0 Å². The molecule has 0 saturated carbocycles. The van der Waals surface area contributed by atoms with Gasteiger partial charge in [-0.05, 0) is 53.6 Å². The number of nitrogens with one attached hydrogen (secondary N) is 1. The fourth-order valence-corrected chi connectivity index (χ4v) is 3.01. The highest BCUT2D eigenvalue weighted by atomic mass is 35.5. The van der Waals surface area contributed by atoms with E-state index in [-0.39, 0.29) is 11.9 Å². The van der Waals surface area contributed by atoms with Crippen molar-refractivity contribution in [3.05, 3.63) is 64.4 Å². The molecular formula is C16H18ClFN2S. The quantitative estimate of drug-likeness (QED) is 0.471. The van der Waals surface area contributed by atoms with E-state index in [4.69, 9.17) is 17.4 Å². The Morgan fingerprint density at radius 3 is 2.57 bits per heavy atom. The molecule has 1 atom stereocenters. The first-order valence-corrected chi connectivity index (χ1v) is 8.13. The standard InChI is InChI=1S/C16H18ClFN2S/c1-2-21-14-6-3-11(4-7-14)16(20-19)10-12-9-13(17)5-8-15(12)18/h3-9,16,20H,2,10,19H2,1H3. The number of hydrogen-bond donors (Lipinski definition) is 2. The van der Waals surface area contributed by atoms with Crippen LogP contribution in [0.5, 0.6) is 0 Å². The minimum absolute atomic E-state index is 0.154. The van der Waals surface area contributed by atoms with Gasteiger partial charge in [0.1, 0.15) is 5.82 Å². The van der Waals surface area contributed by atoms with Crippen molar-refractivity contribution in [2.75, 3.05) is 5.75 Å². The van der Waals surface area contributed by atoms with Crippen LogP contribution < -0.4 is 11.3 Å². The van der Waals surface area contributed by atoms with E-state index >= 15 is 0 Å². The molecule has 0 saturated heterocycles. The van der Waals surface area contributed by atoms with Gasteiger partial charge in [0.05, 0.1) is 6.04 Å². The van der Waals surface area contributed by atoms with Crippen LogP contribution in [0.4, 0.5) is 4.39 Å². The molecule has 112 valence electrons. The van der Waals surface area contributed by atoms with Crippen molar-refractivity contribution in [1.82, 2.24) is 5.43 Å². The average molecular weight is 325 g/mol. The van der Waals surface area contributed by atoms with Crippen molar-refractivity contribution in [2.45, 2.75) is 24.3 Å². The molecule has 2 aromatic carbocycles. The summed E-state index contributed by atoms with van der Waals surface area (Å²) in [5, 5.41) is 0.525. The van der Waals surface area contributed by atoms with Gasteiger partial charge in [-0.2, -0.15) is 0 Å². The van der Waals surface area contributed by atoms with E-state index in [9.17, 15) is 4.39 Å². The summed E-state index contributed by atoms with van der Waals surface area (Å²) < 4.78 is 13.8. The minimum Gasteiger partial charge on any atom is -0.271 e. The predicted molar refractivity (Wildman–Crippen MR) is 88.0 cm³/mol. The van der Waals surface area contributed by atoms with Gasteiger partial charge in [0.25, 0.3) is 0 Å². The van der Waals surface area contributed by atoms with Crippen LogP contribution in [0.3, 0.4) is 0 Å². The molecule has 3 N–H and O–H groups in total. The Morgan fingerprint density at radius 2 is 1.95 bits per heavy atom. The average Bonchev–Trinajstić information content (AvgIpc) is 2.49. The third-order valence-electron chi connectivity index (χ3n) is 3.23. The summed E-state index contributed by atoms with van der Waals surface area (Å²) in [6.07, 6.45) is 0.448. The third kappa shape index (κ3) is 4.45. The van der Waals surface area contributed by atoms with Crippen LogP contribution in [0.2, 0.25) is 5.02 Å². The second kappa shape index (κ2) is 7.80. The maximum atomic E-state index is 13.8. The highest BCUT2D eigenvalue weighted by Gasteiger charge is 2.13. The molecule has 0 bridgehead atoms. The number of rotatable bonds is 6. The zero-order valence-corrected chi connectivity index (χ0v) is 13.3. The lowest BCUT2D eigenvalue weighted by Crippen LogP contribution is -2.29. The van der Waals surface area contributed by atoms with E-state index < -0.39 is 0 Å². The number of nitrogens with two attached hydrogens (primary N) is 1. The molecule has 0 spiro atoms. The molecule has 5 heteroatoms. The predicted octanol–water partition coefficient (Wildman–Crippen LogP) is 4.34. The monoisotopic (exact) mass is 324 g/mol. The zero-order valence-electron chi connectivity index (χ0n) is 11.8. The SMILES string of the molecule is CCSc1ccc(C(Cc2cc(Cl)ccc2F)NN)cc1. The number of benzene rings is 2. The Morgan fingerprint density at radius 1 is 1.24 bits per heavy atom. The van der Waals surface area contributed by atoms with E-state index in [1.807, 2.05) is 12.1 Å². The van der Waals surface area contributed by atoms with Crippen LogP contribution in [0, 0.1) is 5.82 Å². The summed E-state index contributed by atoms with van der Waals surface area (Å²) in [6.45, 7) is 2.12. The Labute approximate surface area is 133 Å². The Balaban J connectivity index is 2.17. The molecule has 0 aliphatic rings. The second-order valence-electron chi connectivity index (χ2n) is 4.66. The summed E-state index contributed by atoms with van der Waals surface area (Å²) >= 11 is 7.71. The summed E-state index contributed by atoms with van der Waals surface area (Å²) in [5.41, 5.74) is 4.33. The molecule has 2 rings (SSSR count). The first-order chi connectivity index (χ1) is 10.1. The van der Waals surface area contributed by atoms with Crippen molar-refractivity contribution in [3.8, 4) is 0 Å². The number of hydrogen-bond acceptors (Lipinski definition) is 3. The largest absolute Gasteiger partial charge is 0.271 e. The minimum atomic E-state index is -0.266. The molecule has 0 amide bonds. The van der Waals surface area contributed by atoms with Crippen LogP contribution in [0.25, 0.3) is 0 Å². The van der Waals surface area contributed by atoms with Crippen molar-refractivity contribution >= 4 is 23.4 Å². The molecule has 2 aromatic rings. The summed E-state index contributed by atoms with van der Waals surface area (Å²) in [6, 6.07) is 12.6. The summed E-state index contributed by atoms with van der Waals surface area (Å²) in [7, 11) is 0. The highest BCUT2D eigenvalue weighted by molar-refractivity contribution is 7.99. The lowest BCUT2D eigenvalue weighted by atomic mass is 9.99. The normalized spacial score (nSPS) is 12.4. The molecule has 0 heterocycles. The smallest absolute Gasteiger partial charge is 0.126 e. The molecule has 1 unspecified atom stereocenters. The van der Waals surface area contributed by atoms with Gasteiger partial charge in [-0.3, -0.25) is 11.3 Å². The Bertz CT molecular complexity index is 589. The fraction of sp³-hybridized carbons (Fsp3) is 0.250. The third-order valence-corrected chi connectivity index (χ3v) is 4.36. The molecule has 2 nitrogen and oxygen atoms in total. The van der Waals surface area contributed by atoms with Crippen molar-refractivity contribution in [1.29, 1.82) is 0 Å². The van der Waals surface area contributed by atoms with Crippen LogP contribution in [0.15, 0.2) is 47.4 Å². The first kappa shape index (κ1) is 16.3. The zero-order chi connectivity index (χ0) is 15.2. The van der Waals surface area contributed by atoms with E-state index in [1.165, 1.54) is 11.0 Å². The van der Waals surface area contributed by atoms with Crippen LogP contribution in [0.1, 0.15) is 24.1 Å². The molecule has 0 aliphatic heterocycles. The van der Waals surface area contributed by atoms with Gasteiger partial charge < -0.3 is 0 Å². The van der Waals surface area contributed by atoms with Gasteiger partial charge in [0.2, 0.25) is 0 Å². The van der Waals surface area contributed by atoms with E-state index in [0.717, 1.165) is 11.3 Å². The second-order valence-corrected chi connectivity index (χ2v) is 6.44. The highest BCUT2D eigenvalue weighted by Crippen LogP contribution is 2.24. The maximum Gasteiger partial charge on any atom is 0.126 e. The first-order valence-electron chi connectivity index (χ1n) is 6.77. The molecule has 0 aromatic heterocycles. The molecule has 0 radical (unpaired) electrons. The number of halogens is 2. The van der Waals surface area contributed by atoms with Gasteiger partial charge in [0.15, 0.2) is 0 Å². The maximum absolute atomic E-state index is 13.8. The fourth-order valence-electron chi connectivity index (χ4n) is 2.16. The summed E-state index contributed by atoms with van der Waals surface area (Å²) in [5.74, 6) is 6.39.